The van der Waals surface area contributed by atoms with Gasteiger partial charge in [-0.15, -0.1) is 0 Å². The molecule has 3 nitrogen and oxygen atoms in total. The zero-order valence-corrected chi connectivity index (χ0v) is 14.5. The van der Waals surface area contributed by atoms with E-state index in [0.29, 0.717) is 5.92 Å². The molecule has 1 aromatic rings. The molecule has 0 bridgehead atoms. The summed E-state index contributed by atoms with van der Waals surface area (Å²) >= 11 is 0. The van der Waals surface area contributed by atoms with Crippen LogP contribution >= 0.6 is 0 Å². The zero-order chi connectivity index (χ0) is 16.8. The first kappa shape index (κ1) is 16.3. The maximum atomic E-state index is 12.0. The zero-order valence-electron chi connectivity index (χ0n) is 14.5. The first-order valence-corrected chi connectivity index (χ1v) is 8.48. The summed E-state index contributed by atoms with van der Waals surface area (Å²) < 4.78 is 4.96. The summed E-state index contributed by atoms with van der Waals surface area (Å²) in [5.41, 5.74) is 5.89. The number of ether oxygens (including phenoxy) is 1. The van der Waals surface area contributed by atoms with Gasteiger partial charge in [-0.3, -0.25) is 0 Å². The number of carbonyl (C=O) groups is 1. The molecule has 3 rings (SSSR count). The number of allylic oxidation sites excluding steroid dienone is 1. The Balaban J connectivity index is 2.04. The summed E-state index contributed by atoms with van der Waals surface area (Å²) in [6, 6.07) is 6.41. The molecule has 23 heavy (non-hydrogen) atoms. The van der Waals surface area contributed by atoms with Crippen molar-refractivity contribution in [1.82, 2.24) is 0 Å². The molecule has 124 valence electrons. The third-order valence-electron chi connectivity index (χ3n) is 6.02. The summed E-state index contributed by atoms with van der Waals surface area (Å²) in [5, 5.41) is 9.83. The molecule has 0 fully saturated rings. The van der Waals surface area contributed by atoms with Crippen LogP contribution in [0.1, 0.15) is 62.8 Å². The molecule has 0 spiro atoms. The Hall–Kier alpha value is -1.61. The van der Waals surface area contributed by atoms with Crippen LogP contribution < -0.4 is 0 Å². The van der Waals surface area contributed by atoms with E-state index in [4.69, 9.17) is 4.74 Å². The van der Waals surface area contributed by atoms with E-state index >= 15 is 0 Å². The Labute approximate surface area is 138 Å². The van der Waals surface area contributed by atoms with Gasteiger partial charge in [-0.2, -0.15) is 0 Å². The van der Waals surface area contributed by atoms with Crippen LogP contribution in [0.5, 0.6) is 0 Å². The smallest absolute Gasteiger partial charge is 0.333 e. The Kier molecular flexibility index (Phi) is 4.09. The molecule has 3 atom stereocenters. The molecule has 0 amide bonds. The summed E-state index contributed by atoms with van der Waals surface area (Å²) in [5.74, 6) is 0.232. The van der Waals surface area contributed by atoms with Crippen molar-refractivity contribution in [2.45, 2.75) is 58.0 Å². The minimum Gasteiger partial charge on any atom is -0.466 e. The van der Waals surface area contributed by atoms with Gasteiger partial charge in [0.15, 0.2) is 0 Å². The molecule has 2 aliphatic carbocycles. The van der Waals surface area contributed by atoms with Crippen LogP contribution in [-0.2, 0) is 21.4 Å². The van der Waals surface area contributed by atoms with Crippen molar-refractivity contribution < 1.29 is 14.6 Å². The van der Waals surface area contributed by atoms with E-state index in [0.717, 1.165) is 36.8 Å². The molecule has 0 saturated heterocycles. The lowest BCUT2D eigenvalue weighted by Crippen LogP contribution is -2.41. The summed E-state index contributed by atoms with van der Waals surface area (Å²) in [7, 11) is 1.46. The van der Waals surface area contributed by atoms with E-state index in [1.165, 1.54) is 23.8 Å². The van der Waals surface area contributed by atoms with Crippen molar-refractivity contribution in [3.63, 3.8) is 0 Å². The topological polar surface area (TPSA) is 46.5 Å². The standard InChI is InChI=1S/C20H26O3/c1-12-16(19(22)23-4)9-10-20(3)17(12)7-6-15-11-14(13(2)21)5-8-18(15)20/h5,8,11,13,17,21H,6-7,9-10H2,1-4H3/t13-,17+,20+/m1/s1. The first-order chi connectivity index (χ1) is 10.9. The number of aliphatic hydroxyl groups is 1. The van der Waals surface area contributed by atoms with Gasteiger partial charge in [0.1, 0.15) is 0 Å². The predicted octanol–water partition coefficient (Wildman–Crippen LogP) is 3.84. The third-order valence-corrected chi connectivity index (χ3v) is 6.02. The van der Waals surface area contributed by atoms with Gasteiger partial charge in [0.25, 0.3) is 0 Å². The van der Waals surface area contributed by atoms with Crippen LogP contribution in [0.2, 0.25) is 0 Å². The van der Waals surface area contributed by atoms with Crippen molar-refractivity contribution in [2.24, 2.45) is 5.92 Å². The van der Waals surface area contributed by atoms with E-state index in [1.807, 2.05) is 13.0 Å². The number of methoxy groups -OCH3 is 1. The average molecular weight is 314 g/mol. The summed E-state index contributed by atoms with van der Waals surface area (Å²) in [4.78, 5) is 12.0. The predicted molar refractivity (Wildman–Crippen MR) is 90.2 cm³/mol. The van der Waals surface area contributed by atoms with Gasteiger partial charge in [0.2, 0.25) is 0 Å². The fourth-order valence-corrected chi connectivity index (χ4v) is 4.63. The van der Waals surface area contributed by atoms with Gasteiger partial charge >= 0.3 is 5.97 Å². The first-order valence-electron chi connectivity index (χ1n) is 8.48. The Morgan fingerprint density at radius 2 is 2.13 bits per heavy atom. The van der Waals surface area contributed by atoms with Gasteiger partial charge in [-0.25, -0.2) is 4.79 Å². The molecule has 0 aliphatic heterocycles. The third kappa shape index (κ3) is 2.51. The fourth-order valence-electron chi connectivity index (χ4n) is 4.63. The number of benzene rings is 1. The van der Waals surface area contributed by atoms with Crippen LogP contribution in [0, 0.1) is 5.92 Å². The minimum atomic E-state index is -0.426. The molecule has 0 aromatic heterocycles. The largest absolute Gasteiger partial charge is 0.466 e. The number of aliphatic hydroxyl groups excluding tert-OH is 1. The SMILES string of the molecule is COC(=O)C1=C(C)[C@@H]2CCc3cc([C@@H](C)O)ccc3[C@@]2(C)CC1. The molecule has 0 radical (unpaired) electrons. The van der Waals surface area contributed by atoms with Crippen LogP contribution in [0.25, 0.3) is 0 Å². The Bertz CT molecular complexity index is 671. The molecule has 2 aliphatic rings. The van der Waals surface area contributed by atoms with Gasteiger partial charge in [-0.05, 0) is 67.6 Å². The maximum Gasteiger partial charge on any atom is 0.333 e. The molecule has 1 aromatic carbocycles. The normalized spacial score (nSPS) is 28.0. The quantitative estimate of drug-likeness (QED) is 0.844. The van der Waals surface area contributed by atoms with Gasteiger partial charge in [0.05, 0.1) is 13.2 Å². The highest BCUT2D eigenvalue weighted by Gasteiger charge is 2.45. The highest BCUT2D eigenvalue weighted by atomic mass is 16.5. The molecular formula is C20H26O3. The second kappa shape index (κ2) is 5.79. The Morgan fingerprint density at radius 3 is 2.78 bits per heavy atom. The van der Waals surface area contributed by atoms with E-state index < -0.39 is 6.10 Å². The monoisotopic (exact) mass is 314 g/mol. The second-order valence-electron chi connectivity index (χ2n) is 7.25. The molecule has 3 heteroatoms. The van der Waals surface area contributed by atoms with E-state index in [2.05, 4.69) is 26.0 Å². The van der Waals surface area contributed by atoms with E-state index in [9.17, 15) is 9.90 Å². The number of hydrogen-bond acceptors (Lipinski definition) is 3. The molecule has 0 saturated carbocycles. The van der Waals surface area contributed by atoms with Crippen molar-refractivity contribution in [1.29, 1.82) is 0 Å². The highest BCUT2D eigenvalue weighted by molar-refractivity contribution is 5.89. The number of rotatable bonds is 2. The van der Waals surface area contributed by atoms with Gasteiger partial charge in [-0.1, -0.05) is 30.7 Å². The number of aryl methyl sites for hydroxylation is 1. The lowest BCUT2D eigenvalue weighted by atomic mass is 9.57. The Morgan fingerprint density at radius 1 is 1.39 bits per heavy atom. The fraction of sp³-hybridized carbons (Fsp3) is 0.550. The number of fused-ring (bicyclic) bond motifs is 3. The van der Waals surface area contributed by atoms with Crippen molar-refractivity contribution >= 4 is 5.97 Å². The number of esters is 1. The van der Waals surface area contributed by atoms with Crippen LogP contribution in [0.4, 0.5) is 0 Å². The van der Waals surface area contributed by atoms with Crippen LogP contribution in [0.15, 0.2) is 29.3 Å². The molecule has 1 N–H and O–H groups in total. The average Bonchev–Trinajstić information content (AvgIpc) is 2.53. The lowest BCUT2D eigenvalue weighted by molar-refractivity contribution is -0.136. The van der Waals surface area contributed by atoms with E-state index in [-0.39, 0.29) is 11.4 Å². The second-order valence-corrected chi connectivity index (χ2v) is 7.25. The van der Waals surface area contributed by atoms with Crippen molar-refractivity contribution in [3.05, 3.63) is 46.0 Å². The molecule has 0 unspecified atom stereocenters. The van der Waals surface area contributed by atoms with Crippen molar-refractivity contribution in [2.75, 3.05) is 7.11 Å². The molecule has 0 heterocycles. The lowest BCUT2D eigenvalue weighted by Gasteiger charge is -2.47. The van der Waals surface area contributed by atoms with Crippen molar-refractivity contribution in [3.8, 4) is 0 Å². The summed E-state index contributed by atoms with van der Waals surface area (Å²) in [6.07, 6.45) is 3.38. The number of carbonyl (C=O) groups excluding carboxylic acids is 1. The number of hydrogen-bond donors (Lipinski definition) is 1. The summed E-state index contributed by atoms with van der Waals surface area (Å²) in [6.45, 7) is 6.24. The van der Waals surface area contributed by atoms with Gasteiger partial charge in [0, 0.05) is 5.57 Å². The molecular weight excluding hydrogens is 288 g/mol. The minimum absolute atomic E-state index is 0.0758. The van der Waals surface area contributed by atoms with Gasteiger partial charge < -0.3 is 9.84 Å². The maximum absolute atomic E-state index is 12.0. The highest BCUT2D eigenvalue weighted by Crippen LogP contribution is 2.52. The van der Waals surface area contributed by atoms with E-state index in [1.54, 1.807) is 0 Å². The van der Waals surface area contributed by atoms with Crippen LogP contribution in [-0.4, -0.2) is 18.2 Å². The van der Waals surface area contributed by atoms with Crippen LogP contribution in [0.3, 0.4) is 0 Å².